The smallest absolute Gasteiger partial charge is 0.200 e. The summed E-state index contributed by atoms with van der Waals surface area (Å²) >= 11 is 0. The lowest BCUT2D eigenvalue weighted by molar-refractivity contribution is -0.150. The predicted molar refractivity (Wildman–Crippen MR) is 108 cm³/mol. The third-order valence-electron chi connectivity index (χ3n) is 6.31. The van der Waals surface area contributed by atoms with Crippen LogP contribution < -0.4 is 4.74 Å². The Hall–Kier alpha value is -2.47. The maximum Gasteiger partial charge on any atom is 0.200 e. The van der Waals surface area contributed by atoms with Crippen LogP contribution in [0.1, 0.15) is 49.8 Å². The molecule has 1 fully saturated rings. The van der Waals surface area contributed by atoms with Gasteiger partial charge >= 0.3 is 0 Å². The predicted octanol–water partition coefficient (Wildman–Crippen LogP) is 4.71. The molecule has 0 radical (unpaired) electrons. The van der Waals surface area contributed by atoms with E-state index in [0.29, 0.717) is 6.42 Å². The molecule has 5 rings (SSSR count). The Morgan fingerprint density at radius 3 is 2.52 bits per heavy atom. The van der Waals surface area contributed by atoms with Gasteiger partial charge in [-0.25, -0.2) is 13.8 Å². The van der Waals surface area contributed by atoms with Crippen LogP contribution in [0.3, 0.4) is 0 Å². The molecule has 2 aromatic carbocycles. The van der Waals surface area contributed by atoms with Gasteiger partial charge in [0.25, 0.3) is 0 Å². The van der Waals surface area contributed by atoms with Crippen LogP contribution in [0.4, 0.5) is 8.78 Å². The van der Waals surface area contributed by atoms with Gasteiger partial charge in [0.05, 0.1) is 11.8 Å². The largest absolute Gasteiger partial charge is 0.466 e. The van der Waals surface area contributed by atoms with Crippen molar-refractivity contribution in [3.05, 3.63) is 65.2 Å². The lowest BCUT2D eigenvalue weighted by atomic mass is 9.90. The van der Waals surface area contributed by atoms with E-state index in [4.69, 9.17) is 9.84 Å². The molecule has 0 aromatic heterocycles. The number of nitrogens with zero attached hydrogens (tertiary/aromatic N) is 3. The maximum atomic E-state index is 14.0. The molecule has 4 nitrogen and oxygen atoms in total. The molecule has 2 aromatic rings. The number of fused-ring (bicyclic) bond motifs is 4. The number of hydrazone groups is 1. The summed E-state index contributed by atoms with van der Waals surface area (Å²) in [6.45, 7) is 5.19. The molecular weight excluding hydrogens is 372 g/mol. The quantitative estimate of drug-likeness (QED) is 0.751. The number of hydrogen-bond donors (Lipinski definition) is 0. The van der Waals surface area contributed by atoms with E-state index in [0.717, 1.165) is 61.5 Å². The van der Waals surface area contributed by atoms with E-state index in [1.807, 2.05) is 0 Å². The highest BCUT2D eigenvalue weighted by Gasteiger charge is 2.51. The van der Waals surface area contributed by atoms with Gasteiger partial charge in [-0.2, -0.15) is 5.10 Å². The van der Waals surface area contributed by atoms with E-state index in [9.17, 15) is 8.78 Å². The van der Waals surface area contributed by atoms with Crippen molar-refractivity contribution in [3.63, 3.8) is 0 Å². The average molecular weight is 397 g/mol. The molecule has 1 unspecified atom stereocenters. The fourth-order valence-electron chi connectivity index (χ4n) is 4.84. The molecule has 29 heavy (non-hydrogen) atoms. The molecule has 1 spiro atoms. The van der Waals surface area contributed by atoms with Crippen LogP contribution in [-0.2, 0) is 0 Å². The first-order valence-corrected chi connectivity index (χ1v) is 10.4. The van der Waals surface area contributed by atoms with Crippen molar-refractivity contribution >= 4 is 5.71 Å². The summed E-state index contributed by atoms with van der Waals surface area (Å²) in [5, 5.41) is 7.01. The van der Waals surface area contributed by atoms with Crippen LogP contribution in [0, 0.1) is 11.6 Å². The van der Waals surface area contributed by atoms with Gasteiger partial charge in [-0.15, -0.1) is 0 Å². The third kappa shape index (κ3) is 3.19. The molecule has 0 saturated carbocycles. The Balaban J connectivity index is 1.52. The molecule has 3 aliphatic heterocycles. The van der Waals surface area contributed by atoms with Crippen molar-refractivity contribution in [2.24, 2.45) is 5.10 Å². The molecular formula is C23H25F2N3O. The van der Waals surface area contributed by atoms with Crippen LogP contribution in [0.25, 0.3) is 0 Å². The molecule has 152 valence electrons. The van der Waals surface area contributed by atoms with Crippen molar-refractivity contribution in [3.8, 4) is 5.75 Å². The first-order chi connectivity index (χ1) is 14.1. The van der Waals surface area contributed by atoms with E-state index >= 15 is 0 Å². The van der Waals surface area contributed by atoms with Crippen molar-refractivity contribution < 1.29 is 13.5 Å². The number of ether oxygens (including phenoxy) is 1. The second-order valence-corrected chi connectivity index (χ2v) is 8.19. The minimum absolute atomic E-state index is 0.0628. The fourth-order valence-corrected chi connectivity index (χ4v) is 4.84. The van der Waals surface area contributed by atoms with Crippen molar-refractivity contribution in [1.82, 2.24) is 9.91 Å². The molecule has 3 heterocycles. The topological polar surface area (TPSA) is 28.1 Å². The van der Waals surface area contributed by atoms with Crippen molar-refractivity contribution in [1.29, 1.82) is 0 Å². The van der Waals surface area contributed by atoms with Gasteiger partial charge in [-0.05, 0) is 48.9 Å². The second kappa shape index (κ2) is 7.10. The Morgan fingerprint density at radius 1 is 1.07 bits per heavy atom. The zero-order chi connectivity index (χ0) is 20.0. The highest BCUT2D eigenvalue weighted by molar-refractivity contribution is 6.02. The molecule has 3 aliphatic rings. The Kier molecular flexibility index (Phi) is 4.54. The third-order valence-corrected chi connectivity index (χ3v) is 6.31. The number of hydrogen-bond acceptors (Lipinski definition) is 4. The van der Waals surface area contributed by atoms with Crippen LogP contribution in [0.5, 0.6) is 5.75 Å². The Bertz CT molecular complexity index is 936. The summed E-state index contributed by atoms with van der Waals surface area (Å²) in [7, 11) is 0. The normalized spacial score (nSPS) is 22.8. The number of benzene rings is 2. The van der Waals surface area contributed by atoms with Gasteiger partial charge in [0.1, 0.15) is 17.4 Å². The summed E-state index contributed by atoms with van der Waals surface area (Å²) in [6, 6.07) is 11.1. The van der Waals surface area contributed by atoms with Gasteiger partial charge in [-0.3, -0.25) is 0 Å². The molecule has 0 amide bonds. The first kappa shape index (κ1) is 18.6. The van der Waals surface area contributed by atoms with Crippen LogP contribution in [-0.4, -0.2) is 41.0 Å². The summed E-state index contributed by atoms with van der Waals surface area (Å²) < 4.78 is 33.9. The van der Waals surface area contributed by atoms with E-state index in [1.165, 1.54) is 18.2 Å². The molecule has 6 heteroatoms. The molecule has 1 atom stereocenters. The van der Waals surface area contributed by atoms with Gasteiger partial charge in [0.2, 0.25) is 5.72 Å². The molecule has 0 aliphatic carbocycles. The summed E-state index contributed by atoms with van der Waals surface area (Å²) in [4.78, 5) is 2.46. The maximum absolute atomic E-state index is 14.0. The number of likely N-dealkylation sites (tertiary alicyclic amines) is 1. The zero-order valence-corrected chi connectivity index (χ0v) is 16.6. The lowest BCUT2D eigenvalue weighted by Crippen LogP contribution is -2.59. The standard InChI is InChI=1S/C23H25F2N3O/c1-2-11-27-12-9-23(10-13-27)28-21(19-14-18(25)7-8-22(19)29-23)15-20(26-28)16-3-5-17(24)6-4-16/h3-8,14,21H,2,9-13,15H2,1H3. The highest BCUT2D eigenvalue weighted by Crippen LogP contribution is 2.50. The van der Waals surface area contributed by atoms with E-state index in [2.05, 4.69) is 16.8 Å². The van der Waals surface area contributed by atoms with Gasteiger partial charge in [0, 0.05) is 37.9 Å². The lowest BCUT2D eigenvalue weighted by Gasteiger charge is -2.51. The van der Waals surface area contributed by atoms with E-state index in [1.54, 1.807) is 24.3 Å². The number of rotatable bonds is 3. The Labute approximate surface area is 169 Å². The SMILES string of the molecule is CCCN1CCC2(CC1)Oc1ccc(F)cc1C1CC(c3ccc(F)cc3)=NN12. The summed E-state index contributed by atoms with van der Waals surface area (Å²) in [5.74, 6) is 0.226. The van der Waals surface area contributed by atoms with E-state index < -0.39 is 5.72 Å². The van der Waals surface area contributed by atoms with Crippen LogP contribution in [0.15, 0.2) is 47.6 Å². The van der Waals surface area contributed by atoms with Crippen molar-refractivity contribution in [2.75, 3.05) is 19.6 Å². The van der Waals surface area contributed by atoms with Gasteiger partial charge < -0.3 is 9.64 Å². The second-order valence-electron chi connectivity index (χ2n) is 8.19. The van der Waals surface area contributed by atoms with Gasteiger partial charge in [0.15, 0.2) is 0 Å². The number of piperidine rings is 1. The Morgan fingerprint density at radius 2 is 1.79 bits per heavy atom. The zero-order valence-electron chi connectivity index (χ0n) is 16.6. The van der Waals surface area contributed by atoms with E-state index in [-0.39, 0.29) is 17.7 Å². The molecule has 1 saturated heterocycles. The molecule has 0 bridgehead atoms. The summed E-state index contributed by atoms with van der Waals surface area (Å²) in [5.41, 5.74) is 2.12. The first-order valence-electron chi connectivity index (χ1n) is 10.4. The minimum atomic E-state index is -0.512. The molecule has 0 N–H and O–H groups in total. The monoisotopic (exact) mass is 397 g/mol. The highest BCUT2D eigenvalue weighted by atomic mass is 19.1. The van der Waals surface area contributed by atoms with Crippen LogP contribution in [0.2, 0.25) is 0 Å². The van der Waals surface area contributed by atoms with Crippen molar-refractivity contribution in [2.45, 2.75) is 44.4 Å². The summed E-state index contributed by atoms with van der Waals surface area (Å²) in [6.07, 6.45) is 3.49. The minimum Gasteiger partial charge on any atom is -0.466 e. The number of halogens is 2. The average Bonchev–Trinajstić information content (AvgIpc) is 3.18. The van der Waals surface area contributed by atoms with Crippen LogP contribution >= 0.6 is 0 Å². The van der Waals surface area contributed by atoms with Gasteiger partial charge in [-0.1, -0.05) is 19.1 Å². The fraction of sp³-hybridized carbons (Fsp3) is 0.435.